The summed E-state index contributed by atoms with van der Waals surface area (Å²) < 4.78 is 0. The number of carbonyl (C=O) groups is 1. The van der Waals surface area contributed by atoms with E-state index in [0.29, 0.717) is 12.1 Å². The molecule has 25 heavy (non-hydrogen) atoms. The third-order valence-electron chi connectivity index (χ3n) is 5.99. The predicted molar refractivity (Wildman–Crippen MR) is 99.6 cm³/mol. The van der Waals surface area contributed by atoms with E-state index in [4.69, 9.17) is 0 Å². The second-order valence-corrected chi connectivity index (χ2v) is 7.98. The summed E-state index contributed by atoms with van der Waals surface area (Å²) in [7, 11) is 4.26. The number of amides is 2. The van der Waals surface area contributed by atoms with Crippen molar-refractivity contribution in [1.82, 2.24) is 25.3 Å². The van der Waals surface area contributed by atoms with Gasteiger partial charge < -0.3 is 15.1 Å². The Hall–Kier alpha value is -1.56. The van der Waals surface area contributed by atoms with Crippen molar-refractivity contribution in [2.45, 2.75) is 76.9 Å². The number of carbonyl (C=O) groups excluding carboxylic acids is 1. The van der Waals surface area contributed by atoms with E-state index in [1.54, 1.807) is 0 Å². The molecule has 2 amide bonds. The number of aryl methyl sites for hydroxylation is 2. The molecule has 140 valence electrons. The van der Waals surface area contributed by atoms with Gasteiger partial charge in [-0.25, -0.2) is 4.79 Å². The van der Waals surface area contributed by atoms with Crippen LogP contribution in [-0.4, -0.2) is 58.8 Å². The molecule has 1 aliphatic carbocycles. The van der Waals surface area contributed by atoms with Gasteiger partial charge in [0.2, 0.25) is 0 Å². The Morgan fingerprint density at radius 2 is 2.00 bits per heavy atom. The Morgan fingerprint density at radius 3 is 2.64 bits per heavy atom. The second-order valence-electron chi connectivity index (χ2n) is 7.98. The lowest BCUT2D eigenvalue weighted by atomic mass is 9.99. The fourth-order valence-electron chi connectivity index (χ4n) is 4.52. The summed E-state index contributed by atoms with van der Waals surface area (Å²) >= 11 is 0. The smallest absolute Gasteiger partial charge is 0.318 e. The number of likely N-dealkylation sites (tertiary alicyclic amines) is 1. The molecule has 3 atom stereocenters. The fraction of sp³-hybridized carbons (Fsp3) is 0.789. The van der Waals surface area contributed by atoms with Gasteiger partial charge in [0.15, 0.2) is 0 Å². The number of urea groups is 1. The topological polar surface area (TPSA) is 64.3 Å². The van der Waals surface area contributed by atoms with Gasteiger partial charge in [0, 0.05) is 29.9 Å². The summed E-state index contributed by atoms with van der Waals surface area (Å²) in [6, 6.07) is 1.14. The molecular weight excluding hydrogens is 314 g/mol. The maximum absolute atomic E-state index is 13.1. The molecule has 2 N–H and O–H groups in total. The van der Waals surface area contributed by atoms with Crippen LogP contribution >= 0.6 is 0 Å². The van der Waals surface area contributed by atoms with Crippen LogP contribution in [0.25, 0.3) is 0 Å². The van der Waals surface area contributed by atoms with E-state index in [0.717, 1.165) is 43.6 Å². The van der Waals surface area contributed by atoms with Gasteiger partial charge in [-0.1, -0.05) is 12.8 Å². The normalized spacial score (nSPS) is 27.6. The van der Waals surface area contributed by atoms with E-state index in [1.165, 1.54) is 24.8 Å². The van der Waals surface area contributed by atoms with Crippen molar-refractivity contribution < 1.29 is 4.79 Å². The third-order valence-corrected chi connectivity index (χ3v) is 5.99. The van der Waals surface area contributed by atoms with Crippen molar-refractivity contribution in [2.24, 2.45) is 0 Å². The van der Waals surface area contributed by atoms with Crippen LogP contribution < -0.4 is 5.32 Å². The van der Waals surface area contributed by atoms with Crippen molar-refractivity contribution in [3.8, 4) is 0 Å². The average molecular weight is 348 g/mol. The molecule has 6 nitrogen and oxygen atoms in total. The zero-order valence-corrected chi connectivity index (χ0v) is 16.1. The molecule has 1 aromatic rings. The molecule has 2 aliphatic rings. The van der Waals surface area contributed by atoms with Gasteiger partial charge >= 0.3 is 6.03 Å². The molecule has 1 aromatic heterocycles. The zero-order chi connectivity index (χ0) is 18.0. The van der Waals surface area contributed by atoms with Gasteiger partial charge in [0.05, 0.1) is 11.7 Å². The minimum absolute atomic E-state index is 0.108. The molecule has 6 heteroatoms. The first-order valence-electron chi connectivity index (χ1n) is 9.72. The van der Waals surface area contributed by atoms with E-state index in [-0.39, 0.29) is 12.1 Å². The average Bonchev–Trinajstić information content (AvgIpc) is 3.07. The van der Waals surface area contributed by atoms with Crippen LogP contribution in [0.3, 0.4) is 0 Å². The van der Waals surface area contributed by atoms with Gasteiger partial charge in [0.25, 0.3) is 0 Å². The third kappa shape index (κ3) is 4.00. The molecular formula is C19H33N5O. The maximum Gasteiger partial charge on any atom is 0.318 e. The van der Waals surface area contributed by atoms with Gasteiger partial charge in [0.1, 0.15) is 0 Å². The van der Waals surface area contributed by atoms with E-state index in [2.05, 4.69) is 46.3 Å². The van der Waals surface area contributed by atoms with Crippen LogP contribution in [0.15, 0.2) is 0 Å². The van der Waals surface area contributed by atoms with Crippen LogP contribution in [0, 0.1) is 13.8 Å². The molecule has 1 saturated carbocycles. The standard InChI is InChI=1S/C19H33N5O/c1-13-18(14(2)22-21-13)17-8-6-5-7-11-24(17)19(25)20-15-9-10-16(12-15)23(3)4/h15-17H,5-12H2,1-4H3,(H,20,25)(H,21,22)/t15-,16+,17-/m0/s1. The first-order chi connectivity index (χ1) is 12.0. The van der Waals surface area contributed by atoms with Crippen LogP contribution in [0.4, 0.5) is 4.79 Å². The molecule has 2 heterocycles. The molecule has 0 aromatic carbocycles. The summed E-state index contributed by atoms with van der Waals surface area (Å²) in [6.07, 6.45) is 7.79. The molecule has 3 rings (SSSR count). The Bertz CT molecular complexity index is 577. The number of H-pyrrole nitrogens is 1. The highest BCUT2D eigenvalue weighted by Gasteiger charge is 2.33. The van der Waals surface area contributed by atoms with Crippen molar-refractivity contribution in [3.63, 3.8) is 0 Å². The maximum atomic E-state index is 13.1. The van der Waals surface area contributed by atoms with Crippen molar-refractivity contribution in [1.29, 1.82) is 0 Å². The Labute approximate surface area is 151 Å². The van der Waals surface area contributed by atoms with Crippen molar-refractivity contribution >= 4 is 6.03 Å². The lowest BCUT2D eigenvalue weighted by Gasteiger charge is -2.32. The summed E-state index contributed by atoms with van der Waals surface area (Å²) in [5, 5.41) is 10.8. The summed E-state index contributed by atoms with van der Waals surface area (Å²) in [4.78, 5) is 17.4. The van der Waals surface area contributed by atoms with Crippen molar-refractivity contribution in [3.05, 3.63) is 17.0 Å². The van der Waals surface area contributed by atoms with Gasteiger partial charge in [-0.05, 0) is 60.0 Å². The molecule has 1 aliphatic heterocycles. The summed E-state index contributed by atoms with van der Waals surface area (Å²) in [6.45, 7) is 4.94. The van der Waals surface area contributed by atoms with Crippen molar-refractivity contribution in [2.75, 3.05) is 20.6 Å². The molecule has 2 fully saturated rings. The molecule has 0 unspecified atom stereocenters. The number of nitrogens with one attached hydrogen (secondary N) is 2. The largest absolute Gasteiger partial charge is 0.335 e. The highest BCUT2D eigenvalue weighted by molar-refractivity contribution is 5.75. The highest BCUT2D eigenvalue weighted by Crippen LogP contribution is 2.33. The number of hydrogen-bond donors (Lipinski definition) is 2. The van der Waals surface area contributed by atoms with Gasteiger partial charge in [-0.3, -0.25) is 5.10 Å². The zero-order valence-electron chi connectivity index (χ0n) is 16.1. The van der Waals surface area contributed by atoms with Gasteiger partial charge in [-0.2, -0.15) is 5.10 Å². The molecule has 0 bridgehead atoms. The molecule has 1 saturated heterocycles. The lowest BCUT2D eigenvalue weighted by Crippen LogP contribution is -2.46. The van der Waals surface area contributed by atoms with Crippen LogP contribution in [0.2, 0.25) is 0 Å². The van der Waals surface area contributed by atoms with Crippen LogP contribution in [0.5, 0.6) is 0 Å². The summed E-state index contributed by atoms with van der Waals surface area (Å²) in [5.41, 5.74) is 3.33. The second kappa shape index (κ2) is 7.77. The van der Waals surface area contributed by atoms with E-state index < -0.39 is 0 Å². The van der Waals surface area contributed by atoms with Crippen LogP contribution in [-0.2, 0) is 0 Å². The molecule has 0 radical (unpaired) electrons. The lowest BCUT2D eigenvalue weighted by molar-refractivity contribution is 0.171. The van der Waals surface area contributed by atoms with E-state index in [9.17, 15) is 4.79 Å². The molecule has 0 spiro atoms. The fourth-order valence-corrected chi connectivity index (χ4v) is 4.52. The number of hydrogen-bond acceptors (Lipinski definition) is 3. The first kappa shape index (κ1) is 18.2. The minimum atomic E-state index is 0.108. The quantitative estimate of drug-likeness (QED) is 0.883. The monoisotopic (exact) mass is 347 g/mol. The van der Waals surface area contributed by atoms with Gasteiger partial charge in [-0.15, -0.1) is 0 Å². The predicted octanol–water partition coefficient (Wildman–Crippen LogP) is 3.14. The van der Waals surface area contributed by atoms with E-state index in [1.807, 2.05) is 6.92 Å². The Kier molecular flexibility index (Phi) is 5.67. The first-order valence-corrected chi connectivity index (χ1v) is 9.72. The number of aromatic nitrogens is 2. The Morgan fingerprint density at radius 1 is 1.20 bits per heavy atom. The SMILES string of the molecule is Cc1n[nH]c(C)c1[C@@H]1CCCCCN1C(=O)N[C@H]1CC[C@@H](N(C)C)C1. The minimum Gasteiger partial charge on any atom is -0.335 e. The van der Waals surface area contributed by atoms with Crippen LogP contribution in [0.1, 0.15) is 67.9 Å². The number of rotatable bonds is 3. The summed E-state index contributed by atoms with van der Waals surface area (Å²) in [5.74, 6) is 0. The van der Waals surface area contributed by atoms with E-state index >= 15 is 0 Å². The highest BCUT2D eigenvalue weighted by atomic mass is 16.2. The number of aromatic amines is 1. The Balaban J connectivity index is 1.72. The number of nitrogens with zero attached hydrogens (tertiary/aromatic N) is 3.